The lowest BCUT2D eigenvalue weighted by Gasteiger charge is -2.15. The average molecular weight is 413 g/mol. The molecular formula is C24H23N5O2. The van der Waals surface area contributed by atoms with Crippen molar-refractivity contribution in [3.05, 3.63) is 92.4 Å². The number of fused-ring (bicyclic) bond motifs is 1. The summed E-state index contributed by atoms with van der Waals surface area (Å²) in [7, 11) is 0. The summed E-state index contributed by atoms with van der Waals surface area (Å²) < 4.78 is 4.60. The summed E-state index contributed by atoms with van der Waals surface area (Å²) in [6.45, 7) is 6.61. The fourth-order valence-electron chi connectivity index (χ4n) is 3.74. The molecule has 0 radical (unpaired) electrons. The van der Waals surface area contributed by atoms with Gasteiger partial charge in [0.2, 0.25) is 0 Å². The predicted molar refractivity (Wildman–Crippen MR) is 119 cm³/mol. The summed E-state index contributed by atoms with van der Waals surface area (Å²) in [6, 6.07) is 16.9. The van der Waals surface area contributed by atoms with Crippen molar-refractivity contribution >= 4 is 11.2 Å². The first-order chi connectivity index (χ1) is 14.9. The number of hydrogen-bond acceptors (Lipinski definition) is 4. The molecule has 4 rings (SSSR count). The molecule has 0 saturated heterocycles. The third kappa shape index (κ3) is 3.68. The molecule has 0 spiro atoms. The maximum absolute atomic E-state index is 13.4. The molecule has 0 atom stereocenters. The Morgan fingerprint density at radius 3 is 2.42 bits per heavy atom. The number of imidazole rings is 1. The van der Waals surface area contributed by atoms with Crippen LogP contribution in [0.5, 0.6) is 0 Å². The first kappa shape index (κ1) is 20.4. The lowest BCUT2D eigenvalue weighted by atomic mass is 10.1. The van der Waals surface area contributed by atoms with Crippen molar-refractivity contribution in [2.75, 3.05) is 0 Å². The minimum Gasteiger partial charge on any atom is -0.320 e. The molecule has 0 N–H and O–H groups in total. The first-order valence-electron chi connectivity index (χ1n) is 10.2. The van der Waals surface area contributed by atoms with Crippen LogP contribution >= 0.6 is 0 Å². The van der Waals surface area contributed by atoms with Gasteiger partial charge in [0.15, 0.2) is 11.2 Å². The Morgan fingerprint density at radius 2 is 1.77 bits per heavy atom. The van der Waals surface area contributed by atoms with Gasteiger partial charge in [0.1, 0.15) is 0 Å². The summed E-state index contributed by atoms with van der Waals surface area (Å²) in [4.78, 5) is 31.2. The molecular weight excluding hydrogens is 390 g/mol. The standard InChI is InChI=1S/C24H23N5O2/c1-16(2)13-28-23(30)21-22(29(24(28)31)20-7-5-4-6-17(20)3)26-15-27(21)14-19-10-8-18(12-25)9-11-19/h4-11,15-16H,13-14H2,1-3H3. The van der Waals surface area contributed by atoms with Crippen molar-refractivity contribution in [3.8, 4) is 11.8 Å². The molecule has 7 nitrogen and oxygen atoms in total. The van der Waals surface area contributed by atoms with Crippen LogP contribution in [0.25, 0.3) is 16.9 Å². The Labute approximate surface area is 179 Å². The molecule has 31 heavy (non-hydrogen) atoms. The molecule has 0 aliphatic rings. The zero-order valence-electron chi connectivity index (χ0n) is 17.7. The van der Waals surface area contributed by atoms with Crippen molar-refractivity contribution in [3.63, 3.8) is 0 Å². The minimum absolute atomic E-state index is 0.128. The molecule has 0 bridgehead atoms. The van der Waals surface area contributed by atoms with Crippen LogP contribution < -0.4 is 11.2 Å². The van der Waals surface area contributed by atoms with Crippen LogP contribution in [-0.4, -0.2) is 18.7 Å². The van der Waals surface area contributed by atoms with Crippen molar-refractivity contribution in [1.82, 2.24) is 18.7 Å². The van der Waals surface area contributed by atoms with Gasteiger partial charge in [0, 0.05) is 13.1 Å². The number of nitrogens with zero attached hydrogens (tertiary/aromatic N) is 5. The summed E-state index contributed by atoms with van der Waals surface area (Å²) in [5.41, 5.74) is 3.13. The van der Waals surface area contributed by atoms with Gasteiger partial charge in [-0.2, -0.15) is 5.26 Å². The molecule has 0 aliphatic carbocycles. The zero-order chi connectivity index (χ0) is 22.1. The maximum atomic E-state index is 13.4. The largest absolute Gasteiger partial charge is 0.337 e. The van der Waals surface area contributed by atoms with Gasteiger partial charge >= 0.3 is 5.69 Å². The third-order valence-electron chi connectivity index (χ3n) is 5.24. The van der Waals surface area contributed by atoms with E-state index in [-0.39, 0.29) is 17.2 Å². The number of para-hydroxylation sites is 1. The molecule has 0 aliphatic heterocycles. The highest BCUT2D eigenvalue weighted by Crippen LogP contribution is 2.18. The quantitative estimate of drug-likeness (QED) is 0.503. The topological polar surface area (TPSA) is 85.6 Å². The lowest BCUT2D eigenvalue weighted by molar-refractivity contribution is 0.488. The Morgan fingerprint density at radius 1 is 1.06 bits per heavy atom. The van der Waals surface area contributed by atoms with Crippen LogP contribution in [0.4, 0.5) is 0 Å². The minimum atomic E-state index is -0.385. The number of aryl methyl sites for hydroxylation is 1. The molecule has 0 saturated carbocycles. The Kier molecular flexibility index (Phi) is 5.30. The second-order valence-corrected chi connectivity index (χ2v) is 8.07. The van der Waals surface area contributed by atoms with Gasteiger partial charge in [-0.15, -0.1) is 0 Å². The van der Waals surface area contributed by atoms with Gasteiger partial charge in [0.05, 0.1) is 23.6 Å². The van der Waals surface area contributed by atoms with Crippen LogP contribution in [0.3, 0.4) is 0 Å². The monoisotopic (exact) mass is 413 g/mol. The molecule has 7 heteroatoms. The highest BCUT2D eigenvalue weighted by molar-refractivity contribution is 5.73. The lowest BCUT2D eigenvalue weighted by Crippen LogP contribution is -2.41. The molecule has 0 fully saturated rings. The van der Waals surface area contributed by atoms with Gasteiger partial charge in [-0.25, -0.2) is 14.3 Å². The number of nitriles is 1. The Bertz CT molecular complexity index is 1420. The first-order valence-corrected chi connectivity index (χ1v) is 10.2. The average Bonchev–Trinajstić information content (AvgIpc) is 3.16. The molecule has 4 aromatic rings. The van der Waals surface area contributed by atoms with Crippen molar-refractivity contribution < 1.29 is 0 Å². The van der Waals surface area contributed by atoms with E-state index in [9.17, 15) is 9.59 Å². The number of benzene rings is 2. The molecule has 156 valence electrons. The summed E-state index contributed by atoms with van der Waals surface area (Å²) in [6.07, 6.45) is 1.60. The highest BCUT2D eigenvalue weighted by atomic mass is 16.2. The smallest absolute Gasteiger partial charge is 0.320 e. The number of aromatic nitrogens is 4. The van der Waals surface area contributed by atoms with E-state index in [1.807, 2.05) is 57.2 Å². The summed E-state index contributed by atoms with van der Waals surface area (Å²) in [5.74, 6) is 0.128. The van der Waals surface area contributed by atoms with E-state index in [1.54, 1.807) is 23.0 Å². The fourth-order valence-corrected chi connectivity index (χ4v) is 3.74. The highest BCUT2D eigenvalue weighted by Gasteiger charge is 2.20. The fraction of sp³-hybridized carbons (Fsp3) is 0.250. The van der Waals surface area contributed by atoms with E-state index in [2.05, 4.69) is 11.1 Å². The van der Waals surface area contributed by atoms with Crippen molar-refractivity contribution in [1.29, 1.82) is 5.26 Å². The molecule has 2 aromatic carbocycles. The Balaban J connectivity index is 1.98. The molecule has 0 amide bonds. The second kappa shape index (κ2) is 8.07. The van der Waals surface area contributed by atoms with E-state index in [4.69, 9.17) is 5.26 Å². The van der Waals surface area contributed by atoms with E-state index in [1.165, 1.54) is 9.13 Å². The maximum Gasteiger partial charge on any atom is 0.337 e. The number of hydrogen-bond donors (Lipinski definition) is 0. The van der Waals surface area contributed by atoms with E-state index in [0.29, 0.717) is 35.5 Å². The molecule has 2 aromatic heterocycles. The van der Waals surface area contributed by atoms with E-state index < -0.39 is 0 Å². The van der Waals surface area contributed by atoms with Gasteiger partial charge in [-0.05, 0) is 42.2 Å². The van der Waals surface area contributed by atoms with Crippen LogP contribution in [0.15, 0.2) is 64.4 Å². The Hall–Kier alpha value is -3.92. The van der Waals surface area contributed by atoms with E-state index in [0.717, 1.165) is 11.1 Å². The second-order valence-electron chi connectivity index (χ2n) is 8.07. The SMILES string of the molecule is Cc1ccccc1-n1c(=O)n(CC(C)C)c(=O)c2c1ncn2Cc1ccc(C#N)cc1. The molecule has 0 unspecified atom stereocenters. The summed E-state index contributed by atoms with van der Waals surface area (Å²) >= 11 is 0. The van der Waals surface area contributed by atoms with Gasteiger partial charge in [-0.1, -0.05) is 44.2 Å². The van der Waals surface area contributed by atoms with Gasteiger partial charge < -0.3 is 4.57 Å². The van der Waals surface area contributed by atoms with Gasteiger partial charge in [-0.3, -0.25) is 9.36 Å². The van der Waals surface area contributed by atoms with E-state index >= 15 is 0 Å². The van der Waals surface area contributed by atoms with Gasteiger partial charge in [0.25, 0.3) is 5.56 Å². The van der Waals surface area contributed by atoms with Crippen LogP contribution in [0, 0.1) is 24.2 Å². The number of rotatable bonds is 5. The molecule has 2 heterocycles. The van der Waals surface area contributed by atoms with Crippen LogP contribution in [0.1, 0.15) is 30.5 Å². The summed E-state index contributed by atoms with van der Waals surface area (Å²) in [5, 5.41) is 9.01. The zero-order valence-corrected chi connectivity index (χ0v) is 17.7. The van der Waals surface area contributed by atoms with Crippen molar-refractivity contribution in [2.24, 2.45) is 5.92 Å². The predicted octanol–water partition coefficient (Wildman–Crippen LogP) is 3.23. The van der Waals surface area contributed by atoms with Crippen molar-refractivity contribution in [2.45, 2.75) is 33.9 Å². The van der Waals surface area contributed by atoms with Crippen LogP contribution in [0.2, 0.25) is 0 Å². The normalized spacial score (nSPS) is 11.2. The third-order valence-corrected chi connectivity index (χ3v) is 5.24. The van der Waals surface area contributed by atoms with Crippen LogP contribution in [-0.2, 0) is 13.1 Å².